The Morgan fingerprint density at radius 1 is 1.17 bits per heavy atom. The van der Waals surface area contributed by atoms with Gasteiger partial charge in [0, 0.05) is 6.04 Å². The van der Waals surface area contributed by atoms with E-state index in [0.717, 1.165) is 0 Å². The average Bonchev–Trinajstić information content (AvgIpc) is 1.95. The lowest BCUT2D eigenvalue weighted by Crippen LogP contribution is -2.37. The van der Waals surface area contributed by atoms with Crippen LogP contribution >= 0.6 is 0 Å². The van der Waals surface area contributed by atoms with Gasteiger partial charge >= 0.3 is 0 Å². The Labute approximate surface area is 77.9 Å². The lowest BCUT2D eigenvalue weighted by molar-refractivity contribution is 0.262. The van der Waals surface area contributed by atoms with Crippen LogP contribution in [0.2, 0.25) is 0 Å². The largest absolute Gasteiger partial charge is 0.316 e. The van der Waals surface area contributed by atoms with E-state index in [1.807, 2.05) is 0 Å². The quantitative estimate of drug-likeness (QED) is 0.626. The minimum Gasteiger partial charge on any atom is -0.316 e. The molecular formula is C11H25N. The van der Waals surface area contributed by atoms with E-state index in [-0.39, 0.29) is 0 Å². The fourth-order valence-electron chi connectivity index (χ4n) is 1.61. The van der Waals surface area contributed by atoms with Gasteiger partial charge in [-0.3, -0.25) is 0 Å². The fraction of sp³-hybridized carbons (Fsp3) is 1.00. The molecule has 0 spiro atoms. The van der Waals surface area contributed by atoms with Crippen molar-refractivity contribution < 1.29 is 0 Å². The van der Waals surface area contributed by atoms with Crippen LogP contribution in [0.15, 0.2) is 0 Å². The minimum absolute atomic E-state index is 0.405. The third kappa shape index (κ3) is 4.76. The molecule has 1 atom stereocenters. The molecule has 0 aromatic rings. The molecule has 0 saturated carbocycles. The lowest BCUT2D eigenvalue weighted by Gasteiger charge is -2.30. The van der Waals surface area contributed by atoms with Crippen molar-refractivity contribution in [1.29, 1.82) is 0 Å². The zero-order valence-corrected chi connectivity index (χ0v) is 9.41. The van der Waals surface area contributed by atoms with Crippen LogP contribution in [0.25, 0.3) is 0 Å². The maximum Gasteiger partial charge on any atom is 0.0113 e. The van der Waals surface area contributed by atoms with E-state index in [2.05, 4.69) is 40.1 Å². The summed E-state index contributed by atoms with van der Waals surface area (Å²) >= 11 is 0. The maximum atomic E-state index is 3.40. The van der Waals surface area contributed by atoms with Crippen LogP contribution in [-0.2, 0) is 0 Å². The summed E-state index contributed by atoms with van der Waals surface area (Å²) in [5.74, 6) is 0. The summed E-state index contributed by atoms with van der Waals surface area (Å²) in [7, 11) is 2.07. The Bertz CT molecular complexity index is 102. The van der Waals surface area contributed by atoms with Gasteiger partial charge in [0.2, 0.25) is 0 Å². The summed E-state index contributed by atoms with van der Waals surface area (Å²) in [6, 6.07) is 0.670. The lowest BCUT2D eigenvalue weighted by atomic mass is 9.84. The SMILES string of the molecule is CCCCCC(NC)C(C)(C)C. The predicted octanol–water partition coefficient (Wildman–Crippen LogP) is 3.20. The summed E-state index contributed by atoms with van der Waals surface area (Å²) in [6.45, 7) is 9.17. The molecule has 1 unspecified atom stereocenters. The van der Waals surface area contributed by atoms with Crippen molar-refractivity contribution in [1.82, 2.24) is 5.32 Å². The zero-order valence-electron chi connectivity index (χ0n) is 9.41. The van der Waals surface area contributed by atoms with E-state index < -0.39 is 0 Å². The van der Waals surface area contributed by atoms with E-state index in [0.29, 0.717) is 11.5 Å². The van der Waals surface area contributed by atoms with Crippen LogP contribution < -0.4 is 5.32 Å². The standard InChI is InChI=1S/C11H25N/c1-6-7-8-9-10(12-5)11(2,3)4/h10,12H,6-9H2,1-5H3. The second-order valence-electron chi connectivity index (χ2n) is 4.70. The first-order valence-corrected chi connectivity index (χ1v) is 5.19. The summed E-state index contributed by atoms with van der Waals surface area (Å²) in [4.78, 5) is 0. The molecule has 0 heterocycles. The number of hydrogen-bond acceptors (Lipinski definition) is 1. The molecule has 0 bridgehead atoms. The summed E-state index contributed by atoms with van der Waals surface area (Å²) in [5, 5.41) is 3.40. The molecule has 0 saturated heterocycles. The first-order valence-electron chi connectivity index (χ1n) is 5.19. The second kappa shape index (κ2) is 5.58. The van der Waals surface area contributed by atoms with Crippen molar-refractivity contribution in [3.63, 3.8) is 0 Å². The van der Waals surface area contributed by atoms with Gasteiger partial charge in [-0.1, -0.05) is 47.0 Å². The van der Waals surface area contributed by atoms with Gasteiger partial charge in [-0.25, -0.2) is 0 Å². The molecule has 0 aliphatic heterocycles. The summed E-state index contributed by atoms with van der Waals surface area (Å²) in [6.07, 6.45) is 5.36. The number of hydrogen-bond donors (Lipinski definition) is 1. The highest BCUT2D eigenvalue weighted by Crippen LogP contribution is 2.23. The Morgan fingerprint density at radius 3 is 2.08 bits per heavy atom. The molecule has 1 nitrogen and oxygen atoms in total. The van der Waals surface area contributed by atoms with Crippen molar-refractivity contribution >= 4 is 0 Å². The molecular weight excluding hydrogens is 146 g/mol. The Morgan fingerprint density at radius 2 is 1.75 bits per heavy atom. The molecule has 0 aromatic heterocycles. The van der Waals surface area contributed by atoms with Gasteiger partial charge in [0.25, 0.3) is 0 Å². The van der Waals surface area contributed by atoms with Crippen molar-refractivity contribution in [3.8, 4) is 0 Å². The van der Waals surface area contributed by atoms with Crippen LogP contribution in [0, 0.1) is 5.41 Å². The number of nitrogens with one attached hydrogen (secondary N) is 1. The van der Waals surface area contributed by atoms with E-state index >= 15 is 0 Å². The second-order valence-corrected chi connectivity index (χ2v) is 4.70. The Balaban J connectivity index is 3.68. The van der Waals surface area contributed by atoms with Crippen molar-refractivity contribution in [2.45, 2.75) is 59.4 Å². The van der Waals surface area contributed by atoms with E-state index in [1.165, 1.54) is 25.7 Å². The van der Waals surface area contributed by atoms with E-state index in [4.69, 9.17) is 0 Å². The molecule has 1 heteroatoms. The molecule has 0 aliphatic rings. The molecule has 0 aromatic carbocycles. The third-order valence-corrected chi connectivity index (χ3v) is 2.49. The molecule has 0 fully saturated rings. The summed E-state index contributed by atoms with van der Waals surface area (Å²) in [5.41, 5.74) is 0.405. The third-order valence-electron chi connectivity index (χ3n) is 2.49. The van der Waals surface area contributed by atoms with E-state index in [1.54, 1.807) is 0 Å². The molecule has 0 radical (unpaired) electrons. The van der Waals surface area contributed by atoms with Crippen LogP contribution in [0.4, 0.5) is 0 Å². The number of unbranched alkanes of at least 4 members (excludes halogenated alkanes) is 2. The van der Waals surface area contributed by atoms with Crippen LogP contribution in [0.1, 0.15) is 53.4 Å². The molecule has 0 rings (SSSR count). The van der Waals surface area contributed by atoms with Gasteiger partial charge in [-0.05, 0) is 18.9 Å². The van der Waals surface area contributed by atoms with Crippen molar-refractivity contribution in [2.24, 2.45) is 5.41 Å². The van der Waals surface area contributed by atoms with Gasteiger partial charge in [0.1, 0.15) is 0 Å². The average molecular weight is 171 g/mol. The van der Waals surface area contributed by atoms with Gasteiger partial charge in [0.05, 0.1) is 0 Å². The molecule has 74 valence electrons. The Kier molecular flexibility index (Phi) is 5.56. The van der Waals surface area contributed by atoms with Crippen LogP contribution in [-0.4, -0.2) is 13.1 Å². The molecule has 0 aliphatic carbocycles. The van der Waals surface area contributed by atoms with Gasteiger partial charge in [0.15, 0.2) is 0 Å². The zero-order chi connectivity index (χ0) is 9.61. The van der Waals surface area contributed by atoms with Gasteiger partial charge in [-0.15, -0.1) is 0 Å². The monoisotopic (exact) mass is 171 g/mol. The maximum absolute atomic E-state index is 3.40. The van der Waals surface area contributed by atoms with Crippen molar-refractivity contribution in [2.75, 3.05) is 7.05 Å². The molecule has 0 amide bonds. The van der Waals surface area contributed by atoms with Gasteiger partial charge < -0.3 is 5.32 Å². The van der Waals surface area contributed by atoms with Crippen LogP contribution in [0.5, 0.6) is 0 Å². The summed E-state index contributed by atoms with van der Waals surface area (Å²) < 4.78 is 0. The normalized spacial score (nSPS) is 14.8. The van der Waals surface area contributed by atoms with Crippen LogP contribution in [0.3, 0.4) is 0 Å². The van der Waals surface area contributed by atoms with Crippen molar-refractivity contribution in [3.05, 3.63) is 0 Å². The minimum atomic E-state index is 0.405. The smallest absolute Gasteiger partial charge is 0.0113 e. The fourth-order valence-corrected chi connectivity index (χ4v) is 1.61. The molecule has 1 N–H and O–H groups in total. The molecule has 12 heavy (non-hydrogen) atoms. The topological polar surface area (TPSA) is 12.0 Å². The highest BCUT2D eigenvalue weighted by atomic mass is 14.9. The first-order chi connectivity index (χ1) is 5.52. The highest BCUT2D eigenvalue weighted by Gasteiger charge is 2.21. The number of rotatable bonds is 5. The van der Waals surface area contributed by atoms with Gasteiger partial charge in [-0.2, -0.15) is 0 Å². The van der Waals surface area contributed by atoms with E-state index in [9.17, 15) is 0 Å². The Hall–Kier alpha value is -0.0400. The predicted molar refractivity (Wildman–Crippen MR) is 56.4 cm³/mol. The highest BCUT2D eigenvalue weighted by molar-refractivity contribution is 4.78. The first kappa shape index (κ1) is 12.0.